The second-order valence-corrected chi connectivity index (χ2v) is 4.31. The van der Waals surface area contributed by atoms with Gasteiger partial charge in [0.05, 0.1) is 12.8 Å². The topological polar surface area (TPSA) is 158 Å². The highest BCUT2D eigenvalue weighted by Crippen LogP contribution is 2.14. The number of ether oxygens (including phenoxy) is 1. The lowest BCUT2D eigenvalue weighted by Gasteiger charge is -2.10. The zero-order valence-corrected chi connectivity index (χ0v) is 11.3. The van der Waals surface area contributed by atoms with Crippen molar-refractivity contribution in [3.05, 3.63) is 11.9 Å². The van der Waals surface area contributed by atoms with Crippen molar-refractivity contribution in [3.63, 3.8) is 0 Å². The van der Waals surface area contributed by atoms with Gasteiger partial charge >= 0.3 is 17.9 Å². The number of carboxylic acid groups (broad SMARTS) is 2. The second kappa shape index (κ2) is 7.33. The lowest BCUT2D eigenvalue weighted by Crippen LogP contribution is -2.33. The van der Waals surface area contributed by atoms with Crippen molar-refractivity contribution < 1.29 is 29.3 Å². The zero-order valence-electron chi connectivity index (χ0n) is 11.3. The molecule has 10 heteroatoms. The van der Waals surface area contributed by atoms with Gasteiger partial charge in [0.1, 0.15) is 6.04 Å². The molecule has 1 aromatic heterocycles. The van der Waals surface area contributed by atoms with E-state index in [0.29, 0.717) is 5.69 Å². The molecule has 4 N–H and O–H groups in total. The highest BCUT2D eigenvalue weighted by atomic mass is 16.5. The molecule has 0 amide bonds. The number of hydrogen-bond donors (Lipinski definition) is 3. The van der Waals surface area contributed by atoms with Gasteiger partial charge in [-0.15, -0.1) is 5.10 Å². The van der Waals surface area contributed by atoms with Gasteiger partial charge in [-0.25, -0.2) is 9.48 Å². The van der Waals surface area contributed by atoms with Gasteiger partial charge in [-0.05, 0) is 6.42 Å². The fourth-order valence-corrected chi connectivity index (χ4v) is 1.65. The van der Waals surface area contributed by atoms with Crippen LogP contribution in [-0.4, -0.2) is 56.3 Å². The molecule has 0 spiro atoms. The van der Waals surface area contributed by atoms with E-state index in [1.54, 1.807) is 0 Å². The number of esters is 1. The van der Waals surface area contributed by atoms with Crippen LogP contribution in [0.5, 0.6) is 0 Å². The summed E-state index contributed by atoms with van der Waals surface area (Å²) in [6.07, 6.45) is 0.922. The molecule has 0 aliphatic rings. The van der Waals surface area contributed by atoms with E-state index in [4.69, 9.17) is 15.9 Å². The van der Waals surface area contributed by atoms with E-state index >= 15 is 0 Å². The first-order valence-corrected chi connectivity index (χ1v) is 6.03. The maximum Gasteiger partial charge on any atom is 0.328 e. The summed E-state index contributed by atoms with van der Waals surface area (Å²) < 4.78 is 5.51. The van der Waals surface area contributed by atoms with E-state index in [2.05, 4.69) is 15.0 Å². The molecule has 0 saturated heterocycles. The highest BCUT2D eigenvalue weighted by molar-refractivity contribution is 5.75. The number of carboxylic acids is 2. The summed E-state index contributed by atoms with van der Waals surface area (Å²) in [5.41, 5.74) is 5.87. The average Bonchev–Trinajstić information content (AvgIpc) is 2.85. The fraction of sp³-hybridized carbons (Fsp3) is 0.545. The SMILES string of the molecule is COC(=O)C(N)Cc1cn(C(CCC(=O)O)C(=O)O)nn1. The van der Waals surface area contributed by atoms with Crippen LogP contribution in [0.2, 0.25) is 0 Å². The summed E-state index contributed by atoms with van der Waals surface area (Å²) in [5, 5.41) is 25.0. The van der Waals surface area contributed by atoms with E-state index in [0.717, 1.165) is 4.68 Å². The number of carbonyl (C=O) groups excluding carboxylic acids is 1. The number of nitrogens with zero attached hydrogens (tertiary/aromatic N) is 3. The minimum Gasteiger partial charge on any atom is -0.481 e. The van der Waals surface area contributed by atoms with Gasteiger partial charge in [0, 0.05) is 19.0 Å². The maximum absolute atomic E-state index is 11.2. The van der Waals surface area contributed by atoms with E-state index in [1.165, 1.54) is 13.3 Å². The van der Waals surface area contributed by atoms with Crippen LogP contribution in [0.4, 0.5) is 0 Å². The number of methoxy groups -OCH3 is 1. The van der Waals surface area contributed by atoms with Crippen molar-refractivity contribution in [2.24, 2.45) is 5.73 Å². The number of aliphatic carboxylic acids is 2. The van der Waals surface area contributed by atoms with E-state index in [9.17, 15) is 14.4 Å². The second-order valence-electron chi connectivity index (χ2n) is 4.31. The molecule has 0 fully saturated rings. The summed E-state index contributed by atoms with van der Waals surface area (Å²) >= 11 is 0. The molecule has 1 aromatic rings. The molecular formula is C11H16N4O6. The predicted octanol–water partition coefficient (Wildman–Crippen LogP) is -1.19. The van der Waals surface area contributed by atoms with E-state index < -0.39 is 30.0 Å². The first-order chi connectivity index (χ1) is 9.85. The van der Waals surface area contributed by atoms with E-state index in [-0.39, 0.29) is 19.3 Å². The molecule has 0 bridgehead atoms. The first kappa shape index (κ1) is 16.6. The highest BCUT2D eigenvalue weighted by Gasteiger charge is 2.23. The lowest BCUT2D eigenvalue weighted by molar-refractivity contribution is -0.143. The van der Waals surface area contributed by atoms with Gasteiger partial charge in [-0.2, -0.15) is 0 Å². The summed E-state index contributed by atoms with van der Waals surface area (Å²) in [6.45, 7) is 0. The molecule has 2 unspecified atom stereocenters. The van der Waals surface area contributed by atoms with Crippen LogP contribution in [0.25, 0.3) is 0 Å². The molecule has 0 saturated carbocycles. The Labute approximate surface area is 119 Å². The summed E-state index contributed by atoms with van der Waals surface area (Å²) in [4.78, 5) is 32.8. The van der Waals surface area contributed by atoms with Gasteiger partial charge in [0.2, 0.25) is 0 Å². The third-order valence-electron chi connectivity index (χ3n) is 2.73. The molecule has 0 aliphatic heterocycles. The molecule has 0 aliphatic carbocycles. The van der Waals surface area contributed by atoms with Crippen molar-refractivity contribution in [1.82, 2.24) is 15.0 Å². The monoisotopic (exact) mass is 300 g/mol. The molecule has 1 heterocycles. The van der Waals surface area contributed by atoms with Crippen LogP contribution in [0.3, 0.4) is 0 Å². The number of nitrogens with two attached hydrogens (primary N) is 1. The Morgan fingerprint density at radius 1 is 1.43 bits per heavy atom. The maximum atomic E-state index is 11.2. The van der Waals surface area contributed by atoms with Gasteiger partial charge in [-0.3, -0.25) is 9.59 Å². The Morgan fingerprint density at radius 2 is 2.10 bits per heavy atom. The van der Waals surface area contributed by atoms with Crippen molar-refractivity contribution in [3.8, 4) is 0 Å². The molecule has 0 radical (unpaired) electrons. The summed E-state index contributed by atoms with van der Waals surface area (Å²) in [7, 11) is 1.20. The molecule has 0 aromatic carbocycles. The minimum absolute atomic E-state index is 0.0396. The number of carbonyl (C=O) groups is 3. The third kappa shape index (κ3) is 4.84. The van der Waals surface area contributed by atoms with Crippen LogP contribution in [0.15, 0.2) is 6.20 Å². The molecule has 1 rings (SSSR count). The van der Waals surface area contributed by atoms with Crippen molar-refractivity contribution in [1.29, 1.82) is 0 Å². The predicted molar refractivity (Wildman–Crippen MR) is 67.3 cm³/mol. The molecule has 116 valence electrons. The van der Waals surface area contributed by atoms with Crippen LogP contribution in [0.1, 0.15) is 24.6 Å². The average molecular weight is 300 g/mol. The Kier molecular flexibility index (Phi) is 5.79. The van der Waals surface area contributed by atoms with E-state index in [1.807, 2.05) is 0 Å². The van der Waals surface area contributed by atoms with Gasteiger partial charge < -0.3 is 20.7 Å². The standard InChI is InChI=1S/C11H16N4O6/c1-21-11(20)7(12)4-6-5-15(14-13-6)8(10(18)19)2-3-9(16)17/h5,7-8H,2-4,12H2,1H3,(H,16,17)(H,18,19). The number of rotatable bonds is 8. The van der Waals surface area contributed by atoms with Crippen LogP contribution in [0, 0.1) is 0 Å². The zero-order chi connectivity index (χ0) is 16.0. The van der Waals surface area contributed by atoms with Gasteiger partial charge in [-0.1, -0.05) is 5.21 Å². The molecule has 21 heavy (non-hydrogen) atoms. The fourth-order valence-electron chi connectivity index (χ4n) is 1.65. The van der Waals surface area contributed by atoms with Gasteiger partial charge in [0.25, 0.3) is 0 Å². The largest absolute Gasteiger partial charge is 0.481 e. The third-order valence-corrected chi connectivity index (χ3v) is 2.73. The minimum atomic E-state index is -1.22. The normalized spacial score (nSPS) is 13.4. The van der Waals surface area contributed by atoms with Crippen LogP contribution < -0.4 is 5.73 Å². The Bertz CT molecular complexity index is 529. The van der Waals surface area contributed by atoms with Crippen LogP contribution >= 0.6 is 0 Å². The smallest absolute Gasteiger partial charge is 0.328 e. The quantitative estimate of drug-likeness (QED) is 0.502. The number of aromatic nitrogens is 3. The Balaban J connectivity index is 2.77. The summed E-state index contributed by atoms with van der Waals surface area (Å²) in [6, 6.07) is -2.07. The van der Waals surface area contributed by atoms with Crippen molar-refractivity contribution in [2.45, 2.75) is 31.3 Å². The summed E-state index contributed by atoms with van der Waals surface area (Å²) in [5.74, 6) is -2.94. The molecule has 2 atom stereocenters. The lowest BCUT2D eigenvalue weighted by atomic mass is 10.1. The van der Waals surface area contributed by atoms with Crippen LogP contribution in [-0.2, 0) is 25.5 Å². The number of hydrogen-bond acceptors (Lipinski definition) is 7. The molecular weight excluding hydrogens is 284 g/mol. The Morgan fingerprint density at radius 3 is 2.62 bits per heavy atom. The van der Waals surface area contributed by atoms with Crippen molar-refractivity contribution >= 4 is 17.9 Å². The Hall–Kier alpha value is -2.49. The first-order valence-electron chi connectivity index (χ1n) is 6.03. The van der Waals surface area contributed by atoms with Gasteiger partial charge in [0.15, 0.2) is 6.04 Å². The van der Waals surface area contributed by atoms with Crippen molar-refractivity contribution in [2.75, 3.05) is 7.11 Å². The molecule has 10 nitrogen and oxygen atoms in total.